The molecule has 0 aliphatic heterocycles. The number of benzene rings is 8. The SMILES string of the molecule is c1ccc(-c2nc(-c3cccc(-n4c5ccccc5c5ccc(-c6ccccc6-c6ccccc6)cc54)c3)nc(-c3cccc4c3oc3ccccc34)n2)cc1. The molecular weight excluding hydrogens is 685 g/mol. The molecule has 11 rings (SSSR count). The van der Waals surface area contributed by atoms with Crippen LogP contribution in [0.3, 0.4) is 0 Å². The van der Waals surface area contributed by atoms with Gasteiger partial charge < -0.3 is 8.98 Å². The van der Waals surface area contributed by atoms with Gasteiger partial charge in [0.25, 0.3) is 0 Å². The van der Waals surface area contributed by atoms with E-state index in [1.165, 1.54) is 27.5 Å². The van der Waals surface area contributed by atoms with Gasteiger partial charge >= 0.3 is 0 Å². The zero-order valence-corrected chi connectivity index (χ0v) is 30.2. The molecule has 0 fully saturated rings. The van der Waals surface area contributed by atoms with Gasteiger partial charge in [0.15, 0.2) is 17.5 Å². The van der Waals surface area contributed by atoms with Crippen LogP contribution in [0.2, 0.25) is 0 Å². The number of hydrogen-bond donors (Lipinski definition) is 0. The van der Waals surface area contributed by atoms with Crippen LogP contribution in [0.15, 0.2) is 199 Å². The second-order valence-corrected chi connectivity index (χ2v) is 14.0. The van der Waals surface area contributed by atoms with Gasteiger partial charge in [-0.05, 0) is 58.7 Å². The number of para-hydroxylation sites is 3. The second-order valence-electron chi connectivity index (χ2n) is 14.0. The van der Waals surface area contributed by atoms with Crippen molar-refractivity contribution >= 4 is 43.7 Å². The molecule has 56 heavy (non-hydrogen) atoms. The summed E-state index contributed by atoms with van der Waals surface area (Å²) >= 11 is 0. The van der Waals surface area contributed by atoms with Crippen molar-refractivity contribution in [3.8, 4) is 62.1 Å². The van der Waals surface area contributed by atoms with E-state index in [9.17, 15) is 0 Å². The fourth-order valence-corrected chi connectivity index (χ4v) is 8.07. The Labute approximate surface area is 322 Å². The maximum atomic E-state index is 6.45. The zero-order valence-electron chi connectivity index (χ0n) is 30.2. The number of furan rings is 1. The van der Waals surface area contributed by atoms with Crippen LogP contribution in [-0.2, 0) is 0 Å². The summed E-state index contributed by atoms with van der Waals surface area (Å²) in [6.07, 6.45) is 0. The summed E-state index contributed by atoms with van der Waals surface area (Å²) in [6, 6.07) is 67.6. The Balaban J connectivity index is 1.10. The largest absolute Gasteiger partial charge is 0.455 e. The van der Waals surface area contributed by atoms with Gasteiger partial charge in [-0.15, -0.1) is 0 Å². The van der Waals surface area contributed by atoms with Crippen LogP contribution in [0.1, 0.15) is 0 Å². The highest BCUT2D eigenvalue weighted by molar-refractivity contribution is 6.11. The van der Waals surface area contributed by atoms with Crippen LogP contribution in [0.25, 0.3) is 106 Å². The first-order chi connectivity index (χ1) is 27.8. The molecule has 262 valence electrons. The molecule has 0 bridgehead atoms. The monoisotopic (exact) mass is 716 g/mol. The van der Waals surface area contributed by atoms with E-state index in [4.69, 9.17) is 19.4 Å². The molecule has 8 aromatic carbocycles. The lowest BCUT2D eigenvalue weighted by Gasteiger charge is -2.13. The molecule has 0 spiro atoms. The minimum atomic E-state index is 0.558. The predicted molar refractivity (Wildman–Crippen MR) is 229 cm³/mol. The van der Waals surface area contributed by atoms with Gasteiger partial charge in [-0.25, -0.2) is 15.0 Å². The van der Waals surface area contributed by atoms with E-state index in [-0.39, 0.29) is 0 Å². The van der Waals surface area contributed by atoms with Gasteiger partial charge in [-0.2, -0.15) is 0 Å². The summed E-state index contributed by atoms with van der Waals surface area (Å²) in [5.74, 6) is 1.74. The first kappa shape index (κ1) is 31.9. The van der Waals surface area contributed by atoms with E-state index in [0.717, 1.165) is 60.9 Å². The molecule has 3 heterocycles. The average Bonchev–Trinajstić information content (AvgIpc) is 3.82. The Bertz CT molecular complexity index is 3250. The van der Waals surface area contributed by atoms with Crippen molar-refractivity contribution < 1.29 is 4.42 Å². The van der Waals surface area contributed by atoms with Crippen molar-refractivity contribution in [1.29, 1.82) is 0 Å². The van der Waals surface area contributed by atoms with E-state index in [1.807, 2.05) is 60.7 Å². The quantitative estimate of drug-likeness (QED) is 0.172. The molecule has 0 amide bonds. The standard InChI is InChI=1S/C51H32N4O/c1-3-15-33(16-4-1)38-21-7-8-22-39(38)35-29-30-41-40-23-9-11-27-45(40)55(46(41)32-35)37-20-13-19-36(31-37)50-52-49(34-17-5-2-6-18-34)53-51(54-50)44-26-14-25-43-42-24-10-12-28-47(42)56-48(43)44/h1-32H. The molecule has 0 atom stereocenters. The molecule has 0 radical (unpaired) electrons. The Morgan fingerprint density at radius 2 is 0.911 bits per heavy atom. The van der Waals surface area contributed by atoms with Gasteiger partial charge in [0, 0.05) is 38.4 Å². The number of hydrogen-bond acceptors (Lipinski definition) is 4. The van der Waals surface area contributed by atoms with Gasteiger partial charge in [0.2, 0.25) is 0 Å². The summed E-state index contributed by atoms with van der Waals surface area (Å²) < 4.78 is 8.81. The molecule has 11 aromatic rings. The van der Waals surface area contributed by atoms with Crippen LogP contribution in [0.4, 0.5) is 0 Å². The van der Waals surface area contributed by atoms with Gasteiger partial charge in [0.1, 0.15) is 11.2 Å². The summed E-state index contributed by atoms with van der Waals surface area (Å²) in [5, 5.41) is 4.48. The summed E-state index contributed by atoms with van der Waals surface area (Å²) in [5.41, 5.74) is 12.2. The molecule has 0 N–H and O–H groups in total. The van der Waals surface area contributed by atoms with Crippen molar-refractivity contribution in [2.75, 3.05) is 0 Å². The van der Waals surface area contributed by atoms with Crippen LogP contribution in [-0.4, -0.2) is 19.5 Å². The highest BCUT2D eigenvalue weighted by Crippen LogP contribution is 2.39. The predicted octanol–water partition coefficient (Wildman–Crippen LogP) is 13.2. The van der Waals surface area contributed by atoms with E-state index in [2.05, 4.69) is 138 Å². The first-order valence-corrected chi connectivity index (χ1v) is 18.8. The molecule has 0 saturated carbocycles. The number of aromatic nitrogens is 4. The smallest absolute Gasteiger partial charge is 0.167 e. The number of rotatable bonds is 6. The zero-order chi connectivity index (χ0) is 37.0. The number of fused-ring (bicyclic) bond motifs is 6. The fourth-order valence-electron chi connectivity index (χ4n) is 8.07. The fraction of sp³-hybridized carbons (Fsp3) is 0. The minimum Gasteiger partial charge on any atom is -0.455 e. The van der Waals surface area contributed by atoms with Gasteiger partial charge in [-0.3, -0.25) is 0 Å². The first-order valence-electron chi connectivity index (χ1n) is 18.8. The van der Waals surface area contributed by atoms with Crippen molar-refractivity contribution in [3.63, 3.8) is 0 Å². The van der Waals surface area contributed by atoms with Crippen molar-refractivity contribution in [1.82, 2.24) is 19.5 Å². The van der Waals surface area contributed by atoms with E-state index >= 15 is 0 Å². The Hall–Kier alpha value is -7.63. The maximum absolute atomic E-state index is 6.45. The summed E-state index contributed by atoms with van der Waals surface area (Å²) in [7, 11) is 0. The molecule has 0 saturated heterocycles. The highest BCUT2D eigenvalue weighted by atomic mass is 16.3. The Morgan fingerprint density at radius 3 is 1.73 bits per heavy atom. The van der Waals surface area contributed by atoms with Crippen LogP contribution in [0, 0.1) is 0 Å². The van der Waals surface area contributed by atoms with Crippen molar-refractivity contribution in [2.45, 2.75) is 0 Å². The molecule has 0 unspecified atom stereocenters. The summed E-state index contributed by atoms with van der Waals surface area (Å²) in [6.45, 7) is 0. The van der Waals surface area contributed by atoms with Crippen molar-refractivity contribution in [2.24, 2.45) is 0 Å². The van der Waals surface area contributed by atoms with Gasteiger partial charge in [0.05, 0.1) is 16.6 Å². The van der Waals surface area contributed by atoms with Crippen LogP contribution >= 0.6 is 0 Å². The lowest BCUT2D eigenvalue weighted by molar-refractivity contribution is 0.669. The molecule has 5 nitrogen and oxygen atoms in total. The third kappa shape index (κ3) is 5.29. The lowest BCUT2D eigenvalue weighted by atomic mass is 9.94. The lowest BCUT2D eigenvalue weighted by Crippen LogP contribution is -2.01. The summed E-state index contributed by atoms with van der Waals surface area (Å²) in [4.78, 5) is 15.3. The van der Waals surface area contributed by atoms with Crippen molar-refractivity contribution in [3.05, 3.63) is 194 Å². The molecule has 3 aromatic heterocycles. The third-order valence-corrected chi connectivity index (χ3v) is 10.7. The van der Waals surface area contributed by atoms with Gasteiger partial charge in [-0.1, -0.05) is 158 Å². The normalized spacial score (nSPS) is 11.6. The number of nitrogens with zero attached hydrogens (tertiary/aromatic N) is 4. The average molecular weight is 717 g/mol. The maximum Gasteiger partial charge on any atom is 0.167 e. The molecule has 0 aliphatic rings. The topological polar surface area (TPSA) is 56.7 Å². The molecule has 0 aliphatic carbocycles. The Kier molecular flexibility index (Phi) is 7.42. The van der Waals surface area contributed by atoms with E-state index in [1.54, 1.807) is 0 Å². The molecular formula is C51H32N4O. The molecule has 5 heteroatoms. The van der Waals surface area contributed by atoms with E-state index < -0.39 is 0 Å². The highest BCUT2D eigenvalue weighted by Gasteiger charge is 2.19. The minimum absolute atomic E-state index is 0.558. The van der Waals surface area contributed by atoms with Crippen LogP contribution < -0.4 is 0 Å². The third-order valence-electron chi connectivity index (χ3n) is 10.7. The van der Waals surface area contributed by atoms with E-state index in [0.29, 0.717) is 17.5 Å². The second kappa shape index (κ2) is 13.0. The van der Waals surface area contributed by atoms with Crippen LogP contribution in [0.5, 0.6) is 0 Å². The Morgan fingerprint density at radius 1 is 0.339 bits per heavy atom.